The Labute approximate surface area is 197 Å². The van der Waals surface area contributed by atoms with Crippen LogP contribution < -0.4 is 9.62 Å². The summed E-state index contributed by atoms with van der Waals surface area (Å²) < 4.78 is 61.9. The topological polar surface area (TPSA) is 78.4 Å². The third kappa shape index (κ3) is 5.24. The number of alkyl halides is 3. The number of halogens is 4. The van der Waals surface area contributed by atoms with Gasteiger partial charge in [0.05, 0.1) is 16.4 Å². The molecular weight excluding hydrogens is 499 g/mol. The zero-order valence-electron chi connectivity index (χ0n) is 17.3. The van der Waals surface area contributed by atoms with Crippen molar-refractivity contribution < 1.29 is 21.6 Å². The maximum atomic E-state index is 12.6. The SMILES string of the molecule is CN1CCN(c2cc(-c3nc(-c4ccc(NS(=O)(=O)C(F)(F)F)cc4Cl)cs3)ccn2)CC1. The third-order valence-electron chi connectivity index (χ3n) is 5.13. The van der Waals surface area contributed by atoms with E-state index in [-0.39, 0.29) is 10.7 Å². The molecule has 7 nitrogen and oxygen atoms in total. The van der Waals surface area contributed by atoms with Crippen LogP contribution in [-0.2, 0) is 10.0 Å². The maximum Gasteiger partial charge on any atom is 0.516 e. The van der Waals surface area contributed by atoms with Gasteiger partial charge in [-0.1, -0.05) is 11.6 Å². The highest BCUT2D eigenvalue weighted by molar-refractivity contribution is 7.93. The fraction of sp³-hybridized carbons (Fsp3) is 0.300. The lowest BCUT2D eigenvalue weighted by atomic mass is 10.1. The van der Waals surface area contributed by atoms with E-state index in [4.69, 9.17) is 11.6 Å². The summed E-state index contributed by atoms with van der Waals surface area (Å²) in [5, 5.41) is 2.59. The highest BCUT2D eigenvalue weighted by atomic mass is 35.5. The van der Waals surface area contributed by atoms with Crippen molar-refractivity contribution in [2.75, 3.05) is 42.8 Å². The summed E-state index contributed by atoms with van der Waals surface area (Å²) in [4.78, 5) is 13.6. The number of nitrogens with zero attached hydrogens (tertiary/aromatic N) is 4. The van der Waals surface area contributed by atoms with Crippen molar-refractivity contribution in [1.82, 2.24) is 14.9 Å². The number of thiazole rings is 1. The predicted molar refractivity (Wildman–Crippen MR) is 124 cm³/mol. The van der Waals surface area contributed by atoms with E-state index in [1.165, 1.54) is 28.2 Å². The number of sulfonamides is 1. The second-order valence-electron chi connectivity index (χ2n) is 7.48. The molecule has 0 aliphatic carbocycles. The molecule has 3 aromatic rings. The monoisotopic (exact) mass is 517 g/mol. The van der Waals surface area contributed by atoms with Gasteiger partial charge in [-0.25, -0.2) is 9.97 Å². The van der Waals surface area contributed by atoms with E-state index >= 15 is 0 Å². The Morgan fingerprint density at radius 3 is 2.52 bits per heavy atom. The van der Waals surface area contributed by atoms with Crippen LogP contribution in [0.1, 0.15) is 0 Å². The molecule has 1 fully saturated rings. The molecule has 1 aliphatic rings. The molecule has 13 heteroatoms. The van der Waals surface area contributed by atoms with Gasteiger partial charge in [0.1, 0.15) is 10.8 Å². The van der Waals surface area contributed by atoms with E-state index in [9.17, 15) is 21.6 Å². The Morgan fingerprint density at radius 2 is 1.85 bits per heavy atom. The van der Waals surface area contributed by atoms with E-state index in [2.05, 4.69) is 26.8 Å². The number of anilines is 2. The molecule has 0 radical (unpaired) electrons. The Balaban J connectivity index is 1.55. The number of hydrogen-bond donors (Lipinski definition) is 1. The number of nitrogens with one attached hydrogen (secondary N) is 1. The van der Waals surface area contributed by atoms with E-state index in [1.54, 1.807) is 11.6 Å². The van der Waals surface area contributed by atoms with Gasteiger partial charge in [-0.05, 0) is 37.4 Å². The minimum atomic E-state index is -5.53. The van der Waals surface area contributed by atoms with Gasteiger partial charge in [-0.3, -0.25) is 4.72 Å². The summed E-state index contributed by atoms with van der Waals surface area (Å²) in [5.41, 5.74) is -3.82. The van der Waals surface area contributed by atoms with E-state index < -0.39 is 15.5 Å². The second-order valence-corrected chi connectivity index (χ2v) is 10.4. The molecule has 1 N–H and O–H groups in total. The number of likely N-dealkylation sites (N-methyl/N-ethyl adjacent to an activating group) is 1. The average Bonchev–Trinajstić information content (AvgIpc) is 3.23. The molecule has 0 atom stereocenters. The third-order valence-corrected chi connectivity index (χ3v) is 7.44. The average molecular weight is 518 g/mol. The summed E-state index contributed by atoms with van der Waals surface area (Å²) in [7, 11) is -3.44. The fourth-order valence-electron chi connectivity index (χ4n) is 3.29. The van der Waals surface area contributed by atoms with Crippen LogP contribution in [0.5, 0.6) is 0 Å². The molecule has 33 heavy (non-hydrogen) atoms. The standard InChI is InChI=1S/C20H19ClF3N5O2S2/c1-28-6-8-29(9-7-28)18-10-13(4-5-25-18)19-26-17(12-32-19)15-3-2-14(11-16(15)21)27-33(30,31)20(22,23)24/h2-5,10-12,27H,6-9H2,1H3. The zero-order valence-corrected chi connectivity index (χ0v) is 19.7. The van der Waals surface area contributed by atoms with Gasteiger partial charge in [0.15, 0.2) is 0 Å². The molecule has 1 aliphatic heterocycles. The quantitative estimate of drug-likeness (QED) is 0.535. The number of pyridine rings is 1. The number of aromatic nitrogens is 2. The zero-order chi connectivity index (χ0) is 23.8. The Hall–Kier alpha value is -2.41. The summed E-state index contributed by atoms with van der Waals surface area (Å²) in [6, 6.07) is 7.60. The van der Waals surface area contributed by atoms with Crippen LogP contribution >= 0.6 is 22.9 Å². The molecular formula is C20H19ClF3N5O2S2. The van der Waals surface area contributed by atoms with E-state index in [0.29, 0.717) is 11.3 Å². The molecule has 2 aromatic heterocycles. The highest BCUT2D eigenvalue weighted by Crippen LogP contribution is 2.35. The lowest BCUT2D eigenvalue weighted by Gasteiger charge is -2.33. The summed E-state index contributed by atoms with van der Waals surface area (Å²) in [5.74, 6) is 0.872. The number of rotatable bonds is 5. The van der Waals surface area contributed by atoms with Crippen molar-refractivity contribution in [3.8, 4) is 21.8 Å². The Morgan fingerprint density at radius 1 is 1.12 bits per heavy atom. The van der Waals surface area contributed by atoms with Gasteiger partial charge in [-0.2, -0.15) is 21.6 Å². The Bertz CT molecular complexity index is 1260. The van der Waals surface area contributed by atoms with Crippen LogP contribution in [0.4, 0.5) is 24.7 Å². The fourth-order valence-corrected chi connectivity index (χ4v) is 4.94. The van der Waals surface area contributed by atoms with E-state index in [1.807, 2.05) is 12.1 Å². The van der Waals surface area contributed by atoms with Gasteiger partial charge in [0.25, 0.3) is 0 Å². The van der Waals surface area contributed by atoms with Gasteiger partial charge < -0.3 is 9.80 Å². The van der Waals surface area contributed by atoms with Crippen LogP contribution in [0.2, 0.25) is 5.02 Å². The molecule has 0 amide bonds. The number of benzene rings is 1. The molecule has 0 unspecified atom stereocenters. The van der Waals surface area contributed by atoms with Crippen LogP contribution in [0, 0.1) is 0 Å². The Kier molecular flexibility index (Phi) is 6.54. The van der Waals surface area contributed by atoms with Crippen LogP contribution in [0.15, 0.2) is 41.9 Å². The maximum absolute atomic E-state index is 12.6. The lowest BCUT2D eigenvalue weighted by Crippen LogP contribution is -2.44. The van der Waals surface area contributed by atoms with Gasteiger partial charge in [-0.15, -0.1) is 11.3 Å². The van der Waals surface area contributed by atoms with Gasteiger partial charge in [0.2, 0.25) is 0 Å². The number of piperazine rings is 1. The van der Waals surface area contributed by atoms with Crippen molar-refractivity contribution in [2.45, 2.75) is 5.51 Å². The molecule has 1 aromatic carbocycles. The van der Waals surface area contributed by atoms with Crippen molar-refractivity contribution in [2.24, 2.45) is 0 Å². The summed E-state index contributed by atoms with van der Waals surface area (Å²) in [6.45, 7) is 3.69. The van der Waals surface area contributed by atoms with Crippen molar-refractivity contribution in [3.05, 3.63) is 46.9 Å². The molecule has 3 heterocycles. The minimum Gasteiger partial charge on any atom is -0.354 e. The summed E-state index contributed by atoms with van der Waals surface area (Å²) in [6.07, 6.45) is 1.73. The van der Waals surface area contributed by atoms with Crippen LogP contribution in [0.3, 0.4) is 0 Å². The van der Waals surface area contributed by atoms with E-state index in [0.717, 1.165) is 48.6 Å². The molecule has 0 spiro atoms. The van der Waals surface area contributed by atoms with Crippen LogP contribution in [-0.4, -0.2) is 62.0 Å². The normalized spacial score (nSPS) is 15.6. The highest BCUT2D eigenvalue weighted by Gasteiger charge is 2.46. The van der Waals surface area contributed by atoms with Crippen molar-refractivity contribution in [1.29, 1.82) is 0 Å². The van der Waals surface area contributed by atoms with Crippen LogP contribution in [0.25, 0.3) is 21.8 Å². The molecule has 0 saturated carbocycles. The van der Waals surface area contributed by atoms with Gasteiger partial charge in [0, 0.05) is 48.9 Å². The first-order valence-electron chi connectivity index (χ1n) is 9.78. The predicted octanol–water partition coefficient (Wildman–Crippen LogP) is 4.54. The molecule has 176 valence electrons. The van der Waals surface area contributed by atoms with Crippen molar-refractivity contribution in [3.63, 3.8) is 0 Å². The first kappa shape index (κ1) is 23.7. The first-order chi connectivity index (χ1) is 15.5. The first-order valence-corrected chi connectivity index (χ1v) is 12.5. The largest absolute Gasteiger partial charge is 0.516 e. The number of hydrogen-bond acceptors (Lipinski definition) is 7. The smallest absolute Gasteiger partial charge is 0.354 e. The lowest BCUT2D eigenvalue weighted by molar-refractivity contribution is -0.0429. The molecule has 1 saturated heterocycles. The minimum absolute atomic E-state index is 0.0714. The van der Waals surface area contributed by atoms with Gasteiger partial charge >= 0.3 is 15.5 Å². The van der Waals surface area contributed by atoms with Crippen molar-refractivity contribution >= 4 is 44.5 Å². The molecule has 0 bridgehead atoms. The second kappa shape index (κ2) is 9.09. The summed E-state index contributed by atoms with van der Waals surface area (Å²) >= 11 is 7.62. The molecule has 4 rings (SSSR count).